The Bertz CT molecular complexity index is 1320. The van der Waals surface area contributed by atoms with Crippen molar-refractivity contribution in [1.82, 2.24) is 19.7 Å². The van der Waals surface area contributed by atoms with Crippen molar-refractivity contribution in [2.24, 2.45) is 0 Å². The first kappa shape index (κ1) is 19.6. The van der Waals surface area contributed by atoms with Crippen molar-refractivity contribution in [2.45, 2.75) is 13.0 Å². The van der Waals surface area contributed by atoms with Crippen molar-refractivity contribution in [3.63, 3.8) is 0 Å². The number of hydrogen-bond donors (Lipinski definition) is 2. The molecule has 7 nitrogen and oxygen atoms in total. The second-order valence-corrected chi connectivity index (χ2v) is 7.35. The summed E-state index contributed by atoms with van der Waals surface area (Å²) >= 11 is 0. The molecular weight excluding hydrogens is 407 g/mol. The summed E-state index contributed by atoms with van der Waals surface area (Å²) < 4.78 is 16.5. The lowest BCUT2D eigenvalue weighted by atomic mass is 9.94. The van der Waals surface area contributed by atoms with E-state index >= 15 is 0 Å². The Morgan fingerprint density at radius 1 is 1.06 bits per heavy atom. The lowest BCUT2D eigenvalue weighted by molar-refractivity contribution is -0.113. The number of allylic oxidation sites excluding steroid dienone is 1. The smallest absolute Gasteiger partial charge is 0.255 e. The Hall–Kier alpha value is -4.33. The van der Waals surface area contributed by atoms with E-state index in [0.29, 0.717) is 34.3 Å². The number of halogens is 1. The number of carbonyl (C=O) groups is 1. The molecule has 0 fully saturated rings. The Kier molecular flexibility index (Phi) is 4.95. The standard InChI is InChI=1S/C24H19FN6O/c1-15-20(23(32)28-17-10-7-13-26-14-17)21(18-11-5-6-12-19(18)25)31-24(27-15)29-22(30-31)16-8-3-2-4-9-16/h2-14,21H,1H3,(H,28,32)(H,27,29,30). The summed E-state index contributed by atoms with van der Waals surface area (Å²) in [6, 6.07) is 18.6. The number of aromatic nitrogens is 4. The number of amides is 1. The van der Waals surface area contributed by atoms with E-state index in [2.05, 4.69) is 25.7 Å². The van der Waals surface area contributed by atoms with Gasteiger partial charge < -0.3 is 10.6 Å². The summed E-state index contributed by atoms with van der Waals surface area (Å²) in [6.45, 7) is 1.77. The fraction of sp³-hybridized carbons (Fsp3) is 0.0833. The normalized spacial score (nSPS) is 15.1. The Balaban J connectivity index is 1.63. The Morgan fingerprint density at radius 3 is 2.59 bits per heavy atom. The highest BCUT2D eigenvalue weighted by Gasteiger charge is 2.35. The van der Waals surface area contributed by atoms with Crippen LogP contribution in [0.2, 0.25) is 0 Å². The summed E-state index contributed by atoms with van der Waals surface area (Å²) in [7, 11) is 0. The van der Waals surface area contributed by atoms with Crippen LogP contribution in [0.5, 0.6) is 0 Å². The maximum atomic E-state index is 14.9. The van der Waals surface area contributed by atoms with E-state index in [1.165, 1.54) is 6.07 Å². The summed E-state index contributed by atoms with van der Waals surface area (Å²) in [5, 5.41) is 10.6. The topological polar surface area (TPSA) is 84.7 Å². The van der Waals surface area contributed by atoms with Gasteiger partial charge in [0, 0.05) is 23.0 Å². The maximum Gasteiger partial charge on any atom is 0.255 e. The molecule has 1 aliphatic rings. The third kappa shape index (κ3) is 3.51. The summed E-state index contributed by atoms with van der Waals surface area (Å²) in [4.78, 5) is 22.0. The first-order chi connectivity index (χ1) is 15.6. The summed E-state index contributed by atoms with van der Waals surface area (Å²) in [6.07, 6.45) is 3.17. The van der Waals surface area contributed by atoms with E-state index < -0.39 is 11.9 Å². The number of nitrogens with zero attached hydrogens (tertiary/aromatic N) is 4. The van der Waals surface area contributed by atoms with Crippen LogP contribution >= 0.6 is 0 Å². The van der Waals surface area contributed by atoms with E-state index in [1.54, 1.807) is 54.3 Å². The second kappa shape index (κ2) is 8.07. The average molecular weight is 426 g/mol. The van der Waals surface area contributed by atoms with Gasteiger partial charge in [-0.05, 0) is 25.1 Å². The first-order valence-electron chi connectivity index (χ1n) is 10.1. The molecule has 3 heterocycles. The van der Waals surface area contributed by atoms with Gasteiger partial charge in [0.05, 0.1) is 17.5 Å². The zero-order valence-electron chi connectivity index (χ0n) is 17.2. The predicted molar refractivity (Wildman–Crippen MR) is 119 cm³/mol. The monoisotopic (exact) mass is 426 g/mol. The molecule has 0 bridgehead atoms. The van der Waals surface area contributed by atoms with Crippen molar-refractivity contribution in [3.05, 3.63) is 102 Å². The molecule has 1 atom stereocenters. The lowest BCUT2D eigenvalue weighted by Gasteiger charge is -2.28. The minimum absolute atomic E-state index is 0.329. The molecule has 1 unspecified atom stereocenters. The molecule has 5 rings (SSSR count). The quantitative estimate of drug-likeness (QED) is 0.505. The number of pyridine rings is 1. The number of rotatable bonds is 4. The lowest BCUT2D eigenvalue weighted by Crippen LogP contribution is -2.32. The molecule has 0 aliphatic carbocycles. The van der Waals surface area contributed by atoms with Crippen LogP contribution in [0.1, 0.15) is 18.5 Å². The van der Waals surface area contributed by atoms with Gasteiger partial charge in [0.25, 0.3) is 5.91 Å². The third-order valence-electron chi connectivity index (χ3n) is 5.25. The van der Waals surface area contributed by atoms with Gasteiger partial charge in [0.15, 0.2) is 5.82 Å². The van der Waals surface area contributed by atoms with Crippen molar-refractivity contribution in [3.8, 4) is 11.4 Å². The van der Waals surface area contributed by atoms with Crippen LogP contribution in [0.3, 0.4) is 0 Å². The van der Waals surface area contributed by atoms with Gasteiger partial charge in [-0.25, -0.2) is 9.07 Å². The van der Waals surface area contributed by atoms with Crippen molar-refractivity contribution in [1.29, 1.82) is 0 Å². The molecular formula is C24H19FN6O. The van der Waals surface area contributed by atoms with Gasteiger partial charge >= 0.3 is 0 Å². The molecule has 2 N–H and O–H groups in total. The van der Waals surface area contributed by atoms with E-state index in [4.69, 9.17) is 0 Å². The second-order valence-electron chi connectivity index (χ2n) is 7.35. The Morgan fingerprint density at radius 2 is 1.84 bits per heavy atom. The third-order valence-corrected chi connectivity index (χ3v) is 5.25. The zero-order chi connectivity index (χ0) is 22.1. The molecule has 0 radical (unpaired) electrons. The van der Waals surface area contributed by atoms with Crippen LogP contribution in [-0.2, 0) is 4.79 Å². The fourth-order valence-electron chi connectivity index (χ4n) is 3.77. The summed E-state index contributed by atoms with van der Waals surface area (Å²) in [5.41, 5.74) is 2.60. The fourth-order valence-corrected chi connectivity index (χ4v) is 3.77. The van der Waals surface area contributed by atoms with Crippen LogP contribution in [-0.4, -0.2) is 25.7 Å². The molecule has 1 amide bonds. The largest absolute Gasteiger partial charge is 0.328 e. The van der Waals surface area contributed by atoms with E-state index in [1.807, 2.05) is 30.3 Å². The van der Waals surface area contributed by atoms with Gasteiger partial charge in [-0.1, -0.05) is 48.5 Å². The van der Waals surface area contributed by atoms with Crippen LogP contribution in [0, 0.1) is 5.82 Å². The van der Waals surface area contributed by atoms with Crippen molar-refractivity contribution >= 4 is 17.5 Å². The minimum Gasteiger partial charge on any atom is -0.328 e. The van der Waals surface area contributed by atoms with Gasteiger partial charge in [0.1, 0.15) is 11.9 Å². The van der Waals surface area contributed by atoms with E-state index in [9.17, 15) is 9.18 Å². The number of carbonyl (C=O) groups excluding carboxylic acids is 1. The number of anilines is 2. The van der Waals surface area contributed by atoms with Crippen LogP contribution in [0.15, 0.2) is 90.4 Å². The molecule has 158 valence electrons. The average Bonchev–Trinajstić information content (AvgIpc) is 3.23. The SMILES string of the molecule is CC1=C(C(=O)Nc2cccnc2)C(c2ccccc2F)n2nc(-c3ccccc3)nc2N1. The molecule has 0 saturated heterocycles. The van der Waals surface area contributed by atoms with Crippen LogP contribution in [0.25, 0.3) is 11.4 Å². The molecule has 32 heavy (non-hydrogen) atoms. The number of benzene rings is 2. The molecule has 4 aromatic rings. The summed E-state index contributed by atoms with van der Waals surface area (Å²) in [5.74, 6) is 0.115. The van der Waals surface area contributed by atoms with Gasteiger partial charge in [0.2, 0.25) is 5.95 Å². The highest BCUT2D eigenvalue weighted by Crippen LogP contribution is 2.37. The number of hydrogen-bond acceptors (Lipinski definition) is 5. The zero-order valence-corrected chi connectivity index (χ0v) is 17.2. The van der Waals surface area contributed by atoms with Crippen molar-refractivity contribution in [2.75, 3.05) is 10.6 Å². The van der Waals surface area contributed by atoms with Crippen molar-refractivity contribution < 1.29 is 9.18 Å². The van der Waals surface area contributed by atoms with E-state index in [-0.39, 0.29) is 5.91 Å². The molecule has 0 spiro atoms. The molecule has 8 heteroatoms. The molecule has 2 aromatic heterocycles. The molecule has 0 saturated carbocycles. The highest BCUT2D eigenvalue weighted by molar-refractivity contribution is 6.05. The van der Waals surface area contributed by atoms with Gasteiger partial charge in [-0.2, -0.15) is 4.98 Å². The van der Waals surface area contributed by atoms with Gasteiger partial charge in [-0.15, -0.1) is 5.10 Å². The maximum absolute atomic E-state index is 14.9. The Labute approximate surface area is 183 Å². The molecule has 2 aromatic carbocycles. The number of nitrogens with one attached hydrogen (secondary N) is 2. The van der Waals surface area contributed by atoms with E-state index in [0.717, 1.165) is 5.56 Å². The van der Waals surface area contributed by atoms with Crippen LogP contribution in [0.4, 0.5) is 16.0 Å². The highest BCUT2D eigenvalue weighted by atomic mass is 19.1. The number of fused-ring (bicyclic) bond motifs is 1. The first-order valence-corrected chi connectivity index (χ1v) is 10.1. The van der Waals surface area contributed by atoms with Gasteiger partial charge in [-0.3, -0.25) is 9.78 Å². The molecule has 1 aliphatic heterocycles. The predicted octanol–water partition coefficient (Wildman–Crippen LogP) is 4.41. The minimum atomic E-state index is -0.797. The van der Waals surface area contributed by atoms with Crippen LogP contribution < -0.4 is 10.6 Å².